The van der Waals surface area contributed by atoms with E-state index >= 15 is 0 Å². The average Bonchev–Trinajstić information content (AvgIpc) is 3.45. The molecule has 1 aromatic heterocycles. The third kappa shape index (κ3) is 9.70. The Morgan fingerprint density at radius 1 is 0.913 bits per heavy atom. The molecule has 0 fully saturated rings. The number of unbranched alkanes of at least 4 members (excludes halogenated alkanes) is 1. The number of benzene rings is 3. The van der Waals surface area contributed by atoms with Crippen molar-refractivity contribution in [3.8, 4) is 5.75 Å². The van der Waals surface area contributed by atoms with Gasteiger partial charge < -0.3 is 19.8 Å². The first-order valence-electron chi connectivity index (χ1n) is 16.1. The van der Waals surface area contributed by atoms with Gasteiger partial charge in [-0.25, -0.2) is 4.79 Å². The number of nitrogens with zero attached hydrogens (tertiary/aromatic N) is 1. The van der Waals surface area contributed by atoms with E-state index in [2.05, 4.69) is 16.4 Å². The van der Waals surface area contributed by atoms with Crippen LogP contribution in [-0.2, 0) is 27.2 Å². The maximum Gasteiger partial charge on any atom is 0.324 e. The van der Waals surface area contributed by atoms with E-state index in [0.717, 1.165) is 47.0 Å². The molecule has 0 bridgehead atoms. The molecule has 4 aromatic rings. The molecule has 244 valence electrons. The molecule has 0 aliphatic carbocycles. The summed E-state index contributed by atoms with van der Waals surface area (Å²) in [5, 5.41) is 4.23. The van der Waals surface area contributed by atoms with Crippen LogP contribution in [0.1, 0.15) is 76.1 Å². The summed E-state index contributed by atoms with van der Waals surface area (Å²) >= 11 is 0. The lowest BCUT2D eigenvalue weighted by Gasteiger charge is -2.28. The van der Waals surface area contributed by atoms with Crippen molar-refractivity contribution in [2.75, 3.05) is 13.7 Å². The second-order valence-corrected chi connectivity index (χ2v) is 12.6. The van der Waals surface area contributed by atoms with Crippen LogP contribution in [0.5, 0.6) is 5.75 Å². The Kier molecular flexibility index (Phi) is 12.0. The van der Waals surface area contributed by atoms with Crippen molar-refractivity contribution in [2.24, 2.45) is 5.92 Å². The van der Waals surface area contributed by atoms with Crippen LogP contribution in [0.4, 0.5) is 4.79 Å². The van der Waals surface area contributed by atoms with Crippen molar-refractivity contribution < 1.29 is 23.9 Å². The number of methoxy groups -OCH3 is 1. The van der Waals surface area contributed by atoms with Crippen LogP contribution >= 0.6 is 0 Å². The van der Waals surface area contributed by atoms with Gasteiger partial charge in [-0.15, -0.1) is 0 Å². The molecule has 0 saturated heterocycles. The van der Waals surface area contributed by atoms with Crippen molar-refractivity contribution in [1.82, 2.24) is 15.2 Å². The van der Waals surface area contributed by atoms with Gasteiger partial charge >= 0.3 is 12.0 Å². The fourth-order valence-electron chi connectivity index (χ4n) is 5.71. The van der Waals surface area contributed by atoms with Gasteiger partial charge in [-0.2, -0.15) is 0 Å². The number of esters is 1. The Morgan fingerprint density at radius 2 is 1.61 bits per heavy atom. The number of amides is 3. The number of aromatic amines is 1. The summed E-state index contributed by atoms with van der Waals surface area (Å²) in [5.74, 6) is -0.686. The first-order valence-corrected chi connectivity index (χ1v) is 16.1. The first kappa shape index (κ1) is 34.3. The summed E-state index contributed by atoms with van der Waals surface area (Å²) in [7, 11) is 1.64. The highest BCUT2D eigenvalue weighted by Gasteiger charge is 2.32. The summed E-state index contributed by atoms with van der Waals surface area (Å²) in [6.45, 7) is 7.37. The molecule has 1 heterocycles. The number of hydrogen-bond donors (Lipinski definition) is 2. The largest absolute Gasteiger partial charge is 0.497 e. The SMILES string of the molecule is CCN(C(=O)NC(Cc1c[nH]c2ccccc12)c1ccccc1)C(=O)C(CCCCc1ccc(OC)cc1)CC(=O)OC(C)(C)C. The highest BCUT2D eigenvalue weighted by atomic mass is 16.6. The van der Waals surface area contributed by atoms with Crippen molar-refractivity contribution in [3.05, 3.63) is 102 Å². The zero-order valence-electron chi connectivity index (χ0n) is 27.7. The van der Waals surface area contributed by atoms with Crippen LogP contribution in [0.3, 0.4) is 0 Å². The minimum atomic E-state index is -0.680. The van der Waals surface area contributed by atoms with E-state index in [0.29, 0.717) is 12.8 Å². The molecule has 2 N–H and O–H groups in total. The number of H-pyrrole nitrogens is 1. The summed E-state index contributed by atoms with van der Waals surface area (Å²) in [5.41, 5.74) is 3.53. The third-order valence-corrected chi connectivity index (χ3v) is 8.04. The molecule has 2 atom stereocenters. The van der Waals surface area contributed by atoms with E-state index in [-0.39, 0.29) is 24.9 Å². The first-order chi connectivity index (χ1) is 22.1. The van der Waals surface area contributed by atoms with Gasteiger partial charge in [0.15, 0.2) is 0 Å². The molecule has 4 rings (SSSR count). The monoisotopic (exact) mass is 625 g/mol. The van der Waals surface area contributed by atoms with Crippen LogP contribution in [0.2, 0.25) is 0 Å². The highest BCUT2D eigenvalue weighted by Crippen LogP contribution is 2.26. The van der Waals surface area contributed by atoms with E-state index < -0.39 is 23.5 Å². The van der Waals surface area contributed by atoms with Crippen molar-refractivity contribution >= 4 is 28.8 Å². The normalized spacial score (nSPS) is 12.7. The third-order valence-electron chi connectivity index (χ3n) is 8.04. The summed E-state index contributed by atoms with van der Waals surface area (Å²) in [4.78, 5) is 45.3. The Morgan fingerprint density at radius 3 is 2.28 bits per heavy atom. The summed E-state index contributed by atoms with van der Waals surface area (Å²) < 4.78 is 10.8. The van der Waals surface area contributed by atoms with Crippen molar-refractivity contribution in [3.63, 3.8) is 0 Å². The zero-order chi connectivity index (χ0) is 33.1. The van der Waals surface area contributed by atoms with Crippen molar-refractivity contribution in [1.29, 1.82) is 0 Å². The number of aryl methyl sites for hydroxylation is 1. The number of rotatable bonds is 14. The smallest absolute Gasteiger partial charge is 0.324 e. The lowest BCUT2D eigenvalue weighted by atomic mass is 9.95. The van der Waals surface area contributed by atoms with Crippen LogP contribution < -0.4 is 10.1 Å². The van der Waals surface area contributed by atoms with Crippen LogP contribution in [0.25, 0.3) is 10.9 Å². The minimum absolute atomic E-state index is 0.0835. The number of hydrogen-bond acceptors (Lipinski definition) is 5. The molecule has 0 saturated carbocycles. The van der Waals surface area contributed by atoms with Crippen LogP contribution in [-0.4, -0.2) is 47.0 Å². The van der Waals surface area contributed by atoms with Gasteiger partial charge in [-0.1, -0.05) is 67.1 Å². The van der Waals surface area contributed by atoms with E-state index in [1.54, 1.807) is 34.8 Å². The number of urea groups is 1. The lowest BCUT2D eigenvalue weighted by molar-refractivity contribution is -0.158. The average molecular weight is 626 g/mol. The number of aromatic nitrogens is 1. The van der Waals surface area contributed by atoms with Crippen molar-refractivity contribution in [2.45, 2.75) is 77.9 Å². The van der Waals surface area contributed by atoms with Gasteiger partial charge in [-0.3, -0.25) is 14.5 Å². The number of carbonyl (C=O) groups excluding carboxylic acids is 3. The van der Waals surface area contributed by atoms with E-state index in [9.17, 15) is 14.4 Å². The van der Waals surface area contributed by atoms with Gasteiger partial charge in [0.1, 0.15) is 11.4 Å². The fourth-order valence-corrected chi connectivity index (χ4v) is 5.71. The van der Waals surface area contributed by atoms with E-state index in [1.807, 2.05) is 79.0 Å². The standard InChI is InChI=1S/C38H47N3O5/c1-6-41(37(44)40-34(28-15-8-7-9-16-28)24-30-26-39-33-19-13-12-18-32(30)33)36(43)29(25-35(42)46-38(2,3)4)17-11-10-14-27-20-22-31(45-5)23-21-27/h7-9,12-13,15-16,18-23,26,29,34,39H,6,10-11,14,17,24-25H2,1-5H3,(H,40,44). The quantitative estimate of drug-likeness (QED) is 0.110. The summed E-state index contributed by atoms with van der Waals surface area (Å²) in [6, 6.07) is 24.9. The predicted molar refractivity (Wildman–Crippen MR) is 182 cm³/mol. The zero-order valence-corrected chi connectivity index (χ0v) is 27.7. The minimum Gasteiger partial charge on any atom is -0.497 e. The maximum absolute atomic E-state index is 14.0. The van der Waals surface area contributed by atoms with Gasteiger partial charge in [0.25, 0.3) is 0 Å². The van der Waals surface area contributed by atoms with Gasteiger partial charge in [0, 0.05) is 29.6 Å². The van der Waals surface area contributed by atoms with Crippen LogP contribution in [0.15, 0.2) is 85.1 Å². The molecule has 0 spiro atoms. The van der Waals surface area contributed by atoms with Gasteiger partial charge in [0.2, 0.25) is 5.91 Å². The van der Waals surface area contributed by atoms with Gasteiger partial charge in [-0.05, 0) is 88.3 Å². The molecule has 46 heavy (non-hydrogen) atoms. The molecule has 3 aromatic carbocycles. The number of imide groups is 1. The second kappa shape index (κ2) is 16.1. The molecular weight excluding hydrogens is 578 g/mol. The Bertz CT molecular complexity index is 1570. The van der Waals surface area contributed by atoms with Crippen LogP contribution in [0, 0.1) is 5.92 Å². The lowest BCUT2D eigenvalue weighted by Crippen LogP contribution is -2.48. The number of carbonyl (C=O) groups is 3. The summed E-state index contributed by atoms with van der Waals surface area (Å²) in [6.07, 6.45) is 5.29. The second-order valence-electron chi connectivity index (χ2n) is 12.6. The Labute approximate surface area is 272 Å². The molecule has 8 nitrogen and oxygen atoms in total. The van der Waals surface area contributed by atoms with E-state index in [4.69, 9.17) is 9.47 Å². The molecule has 0 aliphatic rings. The molecule has 2 unspecified atom stereocenters. The number of ether oxygens (including phenoxy) is 2. The fraction of sp³-hybridized carbons (Fsp3) is 0.395. The number of fused-ring (bicyclic) bond motifs is 1. The predicted octanol–water partition coefficient (Wildman–Crippen LogP) is 7.78. The Balaban J connectivity index is 1.48. The molecular formula is C38H47N3O5. The number of nitrogens with one attached hydrogen (secondary N) is 2. The molecule has 0 aliphatic heterocycles. The molecule has 0 radical (unpaired) electrons. The molecule has 8 heteroatoms. The van der Waals surface area contributed by atoms with Gasteiger partial charge in [0.05, 0.1) is 19.6 Å². The number of para-hydroxylation sites is 1. The Hall–Kier alpha value is -4.59. The maximum atomic E-state index is 14.0. The highest BCUT2D eigenvalue weighted by molar-refractivity contribution is 5.97. The molecule has 3 amide bonds. The van der Waals surface area contributed by atoms with E-state index in [1.165, 1.54) is 10.5 Å². The topological polar surface area (TPSA) is 101 Å².